The fourth-order valence-electron chi connectivity index (χ4n) is 2.25. The maximum Gasteiger partial charge on any atom is 0.165 e. The number of ether oxygens (including phenoxy) is 1. The van der Waals surface area contributed by atoms with Crippen LogP contribution in [0.5, 0.6) is 5.75 Å². The molecule has 0 bridgehead atoms. The van der Waals surface area contributed by atoms with Gasteiger partial charge in [0.25, 0.3) is 0 Å². The third kappa shape index (κ3) is 2.97. The summed E-state index contributed by atoms with van der Waals surface area (Å²) in [6.07, 6.45) is 3.26. The molecular formula is C14H20FNO. The van der Waals surface area contributed by atoms with Crippen LogP contribution in [-0.4, -0.2) is 31.1 Å². The molecule has 1 aliphatic heterocycles. The SMILES string of the molecule is CCc1ccc(F)c(OC[C@H]2CCCN2C)c1. The van der Waals surface area contributed by atoms with E-state index in [4.69, 9.17) is 4.74 Å². The summed E-state index contributed by atoms with van der Waals surface area (Å²) in [5, 5.41) is 0. The van der Waals surface area contributed by atoms with Crippen molar-refractivity contribution in [2.45, 2.75) is 32.2 Å². The number of halogens is 1. The van der Waals surface area contributed by atoms with Crippen LogP contribution in [0.25, 0.3) is 0 Å². The third-order valence-electron chi connectivity index (χ3n) is 3.51. The quantitative estimate of drug-likeness (QED) is 0.798. The first-order valence-electron chi connectivity index (χ1n) is 6.32. The highest BCUT2D eigenvalue weighted by Crippen LogP contribution is 2.21. The van der Waals surface area contributed by atoms with Gasteiger partial charge in [0, 0.05) is 6.04 Å². The predicted molar refractivity (Wildman–Crippen MR) is 66.9 cm³/mol. The van der Waals surface area contributed by atoms with Gasteiger partial charge in [-0.2, -0.15) is 0 Å². The lowest BCUT2D eigenvalue weighted by Crippen LogP contribution is -2.30. The van der Waals surface area contributed by atoms with Gasteiger partial charge in [-0.1, -0.05) is 13.0 Å². The Balaban J connectivity index is 1.98. The molecule has 94 valence electrons. The number of benzene rings is 1. The molecule has 0 spiro atoms. The Labute approximate surface area is 102 Å². The largest absolute Gasteiger partial charge is 0.489 e. The molecule has 1 aromatic carbocycles. The molecule has 17 heavy (non-hydrogen) atoms. The van der Waals surface area contributed by atoms with E-state index in [0.29, 0.717) is 18.4 Å². The maximum absolute atomic E-state index is 13.5. The van der Waals surface area contributed by atoms with Gasteiger partial charge in [-0.15, -0.1) is 0 Å². The molecule has 0 N–H and O–H groups in total. The number of likely N-dealkylation sites (tertiary alicyclic amines) is 1. The topological polar surface area (TPSA) is 12.5 Å². The summed E-state index contributed by atoms with van der Waals surface area (Å²) in [6, 6.07) is 5.54. The van der Waals surface area contributed by atoms with Gasteiger partial charge in [0.15, 0.2) is 11.6 Å². The summed E-state index contributed by atoms with van der Waals surface area (Å²) in [5.41, 5.74) is 1.11. The molecule has 1 fully saturated rings. The van der Waals surface area contributed by atoms with Crippen LogP contribution in [0.15, 0.2) is 18.2 Å². The lowest BCUT2D eigenvalue weighted by Gasteiger charge is -2.20. The summed E-state index contributed by atoms with van der Waals surface area (Å²) in [6.45, 7) is 3.76. The molecule has 1 saturated heterocycles. The van der Waals surface area contributed by atoms with E-state index in [1.54, 1.807) is 0 Å². The minimum Gasteiger partial charge on any atom is -0.489 e. The number of hydrogen-bond donors (Lipinski definition) is 0. The van der Waals surface area contributed by atoms with E-state index in [2.05, 4.69) is 18.9 Å². The number of nitrogens with zero attached hydrogens (tertiary/aromatic N) is 1. The molecule has 0 unspecified atom stereocenters. The minimum atomic E-state index is -0.261. The van der Waals surface area contributed by atoms with Gasteiger partial charge in [0.1, 0.15) is 6.61 Å². The van der Waals surface area contributed by atoms with Gasteiger partial charge in [-0.05, 0) is 50.6 Å². The third-order valence-corrected chi connectivity index (χ3v) is 3.51. The first-order valence-corrected chi connectivity index (χ1v) is 6.32. The zero-order valence-electron chi connectivity index (χ0n) is 10.6. The molecule has 0 radical (unpaired) electrons. The van der Waals surface area contributed by atoms with Gasteiger partial charge in [-0.3, -0.25) is 0 Å². The van der Waals surface area contributed by atoms with E-state index in [0.717, 1.165) is 24.9 Å². The number of aryl methyl sites for hydroxylation is 1. The second kappa shape index (κ2) is 5.50. The van der Waals surface area contributed by atoms with Gasteiger partial charge in [0.2, 0.25) is 0 Å². The van der Waals surface area contributed by atoms with Crippen molar-refractivity contribution in [1.29, 1.82) is 0 Å². The van der Waals surface area contributed by atoms with Crippen LogP contribution >= 0.6 is 0 Å². The fraction of sp³-hybridized carbons (Fsp3) is 0.571. The highest BCUT2D eigenvalue weighted by atomic mass is 19.1. The first kappa shape index (κ1) is 12.4. The van der Waals surface area contributed by atoms with E-state index in [-0.39, 0.29) is 5.82 Å². The average molecular weight is 237 g/mol. The second-order valence-electron chi connectivity index (χ2n) is 4.71. The minimum absolute atomic E-state index is 0.261. The fourth-order valence-corrected chi connectivity index (χ4v) is 2.25. The number of rotatable bonds is 4. The van der Waals surface area contributed by atoms with Crippen LogP contribution in [-0.2, 0) is 6.42 Å². The highest BCUT2D eigenvalue weighted by molar-refractivity contribution is 5.30. The van der Waals surface area contributed by atoms with Crippen LogP contribution in [0.2, 0.25) is 0 Å². The Morgan fingerprint density at radius 3 is 2.94 bits per heavy atom. The van der Waals surface area contributed by atoms with E-state index in [1.165, 1.54) is 12.5 Å². The van der Waals surface area contributed by atoms with Gasteiger partial charge >= 0.3 is 0 Å². The molecule has 2 nitrogen and oxygen atoms in total. The molecule has 3 heteroatoms. The predicted octanol–water partition coefficient (Wildman–Crippen LogP) is 2.86. The van der Waals surface area contributed by atoms with Gasteiger partial charge < -0.3 is 9.64 Å². The molecular weight excluding hydrogens is 217 g/mol. The molecule has 1 atom stereocenters. The lowest BCUT2D eigenvalue weighted by atomic mass is 10.1. The van der Waals surface area contributed by atoms with Crippen molar-refractivity contribution in [2.75, 3.05) is 20.2 Å². The van der Waals surface area contributed by atoms with Crippen LogP contribution in [0, 0.1) is 5.82 Å². The van der Waals surface area contributed by atoms with Gasteiger partial charge in [0.05, 0.1) is 0 Å². The molecule has 1 heterocycles. The van der Waals surface area contributed by atoms with Crippen molar-refractivity contribution in [3.05, 3.63) is 29.6 Å². The Morgan fingerprint density at radius 1 is 1.47 bits per heavy atom. The summed E-state index contributed by atoms with van der Waals surface area (Å²) < 4.78 is 19.2. The Kier molecular flexibility index (Phi) is 4.00. The smallest absolute Gasteiger partial charge is 0.165 e. The van der Waals surface area contributed by atoms with Crippen molar-refractivity contribution in [2.24, 2.45) is 0 Å². The van der Waals surface area contributed by atoms with Crippen LogP contribution in [0.4, 0.5) is 4.39 Å². The van der Waals surface area contributed by atoms with Crippen molar-refractivity contribution < 1.29 is 9.13 Å². The average Bonchev–Trinajstić information content (AvgIpc) is 2.74. The second-order valence-corrected chi connectivity index (χ2v) is 4.71. The van der Waals surface area contributed by atoms with Crippen molar-refractivity contribution in [3.63, 3.8) is 0 Å². The molecule has 0 aliphatic carbocycles. The Morgan fingerprint density at radius 2 is 2.29 bits per heavy atom. The van der Waals surface area contributed by atoms with Gasteiger partial charge in [-0.25, -0.2) is 4.39 Å². The molecule has 1 aromatic rings. The number of hydrogen-bond acceptors (Lipinski definition) is 2. The lowest BCUT2D eigenvalue weighted by molar-refractivity contribution is 0.193. The summed E-state index contributed by atoms with van der Waals surface area (Å²) in [7, 11) is 2.10. The zero-order chi connectivity index (χ0) is 12.3. The summed E-state index contributed by atoms with van der Waals surface area (Å²) >= 11 is 0. The highest BCUT2D eigenvalue weighted by Gasteiger charge is 2.21. The van der Waals surface area contributed by atoms with E-state index >= 15 is 0 Å². The Bertz CT molecular complexity index is 380. The molecule has 0 aromatic heterocycles. The Hall–Kier alpha value is -1.09. The zero-order valence-corrected chi connectivity index (χ0v) is 10.6. The first-order chi connectivity index (χ1) is 8.20. The molecule has 0 saturated carbocycles. The summed E-state index contributed by atoms with van der Waals surface area (Å²) in [4.78, 5) is 2.28. The van der Waals surface area contributed by atoms with Crippen molar-refractivity contribution in [1.82, 2.24) is 4.90 Å². The summed E-state index contributed by atoms with van der Waals surface area (Å²) in [5.74, 6) is 0.132. The van der Waals surface area contributed by atoms with Crippen molar-refractivity contribution >= 4 is 0 Å². The standard InChI is InChI=1S/C14H20FNO/c1-3-11-6-7-13(15)14(9-11)17-10-12-5-4-8-16(12)2/h6-7,9,12H,3-5,8,10H2,1-2H3/t12-/m1/s1. The molecule has 1 aliphatic rings. The number of likely N-dealkylation sites (N-methyl/N-ethyl adjacent to an activating group) is 1. The van der Waals surface area contributed by atoms with Crippen molar-refractivity contribution in [3.8, 4) is 5.75 Å². The maximum atomic E-state index is 13.5. The normalized spacial score (nSPS) is 20.8. The van der Waals surface area contributed by atoms with Crippen LogP contribution in [0.1, 0.15) is 25.3 Å². The van der Waals surface area contributed by atoms with E-state index < -0.39 is 0 Å². The molecule has 0 amide bonds. The van der Waals surface area contributed by atoms with Crippen LogP contribution in [0.3, 0.4) is 0 Å². The van der Waals surface area contributed by atoms with E-state index in [1.807, 2.05) is 12.1 Å². The molecule has 2 rings (SSSR count). The monoisotopic (exact) mass is 237 g/mol. The van der Waals surface area contributed by atoms with Crippen LogP contribution < -0.4 is 4.74 Å². The van der Waals surface area contributed by atoms with E-state index in [9.17, 15) is 4.39 Å².